The van der Waals surface area contributed by atoms with E-state index < -0.39 is 7.12 Å². The number of hydrogen-bond acceptors (Lipinski definition) is 3. The van der Waals surface area contributed by atoms with Gasteiger partial charge in [0.2, 0.25) is 0 Å². The van der Waals surface area contributed by atoms with Crippen LogP contribution < -0.4 is 5.46 Å². The summed E-state index contributed by atoms with van der Waals surface area (Å²) in [6, 6.07) is 17.9. The van der Waals surface area contributed by atoms with Gasteiger partial charge in [-0.1, -0.05) is 48.5 Å². The molecule has 0 saturated heterocycles. The van der Waals surface area contributed by atoms with Crippen molar-refractivity contribution in [2.75, 3.05) is 0 Å². The Kier molecular flexibility index (Phi) is 3.38. The van der Waals surface area contributed by atoms with Crippen molar-refractivity contribution in [1.29, 1.82) is 0 Å². The van der Waals surface area contributed by atoms with Gasteiger partial charge in [0.25, 0.3) is 0 Å². The van der Waals surface area contributed by atoms with E-state index in [-0.39, 0.29) is 0 Å². The first kappa shape index (κ1) is 12.4. The van der Waals surface area contributed by atoms with Crippen LogP contribution in [0, 0.1) is 0 Å². The maximum Gasteiger partial charge on any atom is 0.490 e. The van der Waals surface area contributed by atoms with Crippen LogP contribution in [0.3, 0.4) is 0 Å². The molecule has 0 aliphatic rings. The van der Waals surface area contributed by atoms with Gasteiger partial charge in [0, 0.05) is 21.5 Å². The summed E-state index contributed by atoms with van der Waals surface area (Å²) in [4.78, 5) is 1.02. The zero-order valence-electron chi connectivity index (χ0n) is 10.3. The van der Waals surface area contributed by atoms with Crippen LogP contribution in [0.25, 0.3) is 10.1 Å². The minimum Gasteiger partial charge on any atom is -0.423 e. The van der Waals surface area contributed by atoms with Crippen LogP contribution in [-0.2, 0) is 6.42 Å². The van der Waals surface area contributed by atoms with Crippen molar-refractivity contribution in [3.8, 4) is 0 Å². The zero-order chi connectivity index (χ0) is 13.2. The molecule has 2 aromatic carbocycles. The first-order valence-electron chi connectivity index (χ1n) is 6.16. The Labute approximate surface area is 116 Å². The van der Waals surface area contributed by atoms with Gasteiger partial charge >= 0.3 is 7.12 Å². The smallest absolute Gasteiger partial charge is 0.423 e. The van der Waals surface area contributed by atoms with Gasteiger partial charge in [-0.3, -0.25) is 0 Å². The number of rotatable bonds is 3. The van der Waals surface area contributed by atoms with Crippen LogP contribution in [0.15, 0.2) is 54.6 Å². The molecule has 2 N–H and O–H groups in total. The highest BCUT2D eigenvalue weighted by molar-refractivity contribution is 7.20. The molecule has 0 saturated carbocycles. The summed E-state index contributed by atoms with van der Waals surface area (Å²) in [5.74, 6) is 0. The second kappa shape index (κ2) is 5.17. The minimum atomic E-state index is -1.42. The molecule has 3 aromatic rings. The predicted molar refractivity (Wildman–Crippen MR) is 80.9 cm³/mol. The highest BCUT2D eigenvalue weighted by Crippen LogP contribution is 2.25. The topological polar surface area (TPSA) is 40.5 Å². The van der Waals surface area contributed by atoms with Crippen molar-refractivity contribution in [2.45, 2.75) is 6.42 Å². The average Bonchev–Trinajstić information content (AvgIpc) is 2.77. The van der Waals surface area contributed by atoms with Crippen molar-refractivity contribution < 1.29 is 10.0 Å². The van der Waals surface area contributed by atoms with E-state index >= 15 is 0 Å². The summed E-state index contributed by atoms with van der Waals surface area (Å²) in [7, 11) is -1.42. The third-order valence-corrected chi connectivity index (χ3v) is 4.36. The number of thiophene rings is 1. The largest absolute Gasteiger partial charge is 0.490 e. The van der Waals surface area contributed by atoms with Gasteiger partial charge < -0.3 is 10.0 Å². The Balaban J connectivity index is 2.10. The number of fused-ring (bicyclic) bond motifs is 1. The standard InChI is InChI=1S/C15H13BO2S/c17-16(18)15-12-8-4-5-9-13(12)19-14(15)10-11-6-2-1-3-7-11/h1-9,17-18H,10H2. The van der Waals surface area contributed by atoms with Crippen LogP contribution in [0.2, 0.25) is 0 Å². The van der Waals surface area contributed by atoms with Crippen LogP contribution in [0.1, 0.15) is 10.4 Å². The van der Waals surface area contributed by atoms with Gasteiger partial charge in [0.05, 0.1) is 0 Å². The molecular formula is C15H13BO2S. The van der Waals surface area contributed by atoms with E-state index in [9.17, 15) is 10.0 Å². The Morgan fingerprint density at radius 3 is 2.32 bits per heavy atom. The fraction of sp³-hybridized carbons (Fsp3) is 0.0667. The molecule has 94 valence electrons. The summed E-state index contributed by atoms with van der Waals surface area (Å²) in [5, 5.41) is 20.2. The third kappa shape index (κ3) is 2.43. The Hall–Kier alpha value is -1.62. The molecule has 0 bridgehead atoms. The summed E-state index contributed by atoms with van der Waals surface area (Å²) < 4.78 is 1.09. The van der Waals surface area contributed by atoms with E-state index in [1.165, 1.54) is 5.56 Å². The lowest BCUT2D eigenvalue weighted by Crippen LogP contribution is -2.31. The van der Waals surface area contributed by atoms with E-state index in [0.717, 1.165) is 21.4 Å². The first-order valence-corrected chi connectivity index (χ1v) is 6.97. The lowest BCUT2D eigenvalue weighted by atomic mass is 9.77. The number of hydrogen-bond donors (Lipinski definition) is 2. The van der Waals surface area contributed by atoms with Gasteiger partial charge in [-0.2, -0.15) is 0 Å². The molecule has 0 radical (unpaired) electrons. The lowest BCUT2D eigenvalue weighted by molar-refractivity contribution is 0.426. The summed E-state index contributed by atoms with van der Waals surface area (Å²) in [6.45, 7) is 0. The quantitative estimate of drug-likeness (QED) is 0.715. The predicted octanol–water partition coefficient (Wildman–Crippen LogP) is 2.17. The molecule has 0 aliphatic heterocycles. The van der Waals surface area contributed by atoms with E-state index in [1.54, 1.807) is 11.3 Å². The normalized spacial score (nSPS) is 10.8. The van der Waals surface area contributed by atoms with Crippen LogP contribution in [0.4, 0.5) is 0 Å². The van der Waals surface area contributed by atoms with E-state index in [2.05, 4.69) is 12.1 Å². The maximum absolute atomic E-state index is 9.63. The molecule has 1 aromatic heterocycles. The first-order chi connectivity index (χ1) is 9.25. The fourth-order valence-corrected chi connectivity index (χ4v) is 3.58. The van der Waals surface area contributed by atoms with Gasteiger partial charge in [0.15, 0.2) is 0 Å². The lowest BCUT2D eigenvalue weighted by Gasteiger charge is -2.03. The van der Waals surface area contributed by atoms with Gasteiger partial charge in [-0.15, -0.1) is 11.3 Å². The maximum atomic E-state index is 9.63. The monoisotopic (exact) mass is 268 g/mol. The number of benzene rings is 2. The second-order valence-corrected chi connectivity index (χ2v) is 5.61. The van der Waals surface area contributed by atoms with Crippen molar-refractivity contribution in [3.05, 3.63) is 65.0 Å². The van der Waals surface area contributed by atoms with Gasteiger partial charge in [0.1, 0.15) is 0 Å². The van der Waals surface area contributed by atoms with Crippen LogP contribution in [-0.4, -0.2) is 17.2 Å². The van der Waals surface area contributed by atoms with E-state index in [1.807, 2.05) is 42.5 Å². The second-order valence-electron chi connectivity index (χ2n) is 4.47. The molecule has 19 heavy (non-hydrogen) atoms. The molecule has 3 rings (SSSR count). The summed E-state index contributed by atoms with van der Waals surface area (Å²) >= 11 is 1.63. The SMILES string of the molecule is OB(O)c1c(Cc2ccccc2)sc2ccccc12. The Morgan fingerprint density at radius 1 is 0.895 bits per heavy atom. The molecule has 0 atom stereocenters. The highest BCUT2D eigenvalue weighted by Gasteiger charge is 2.22. The Morgan fingerprint density at radius 2 is 1.58 bits per heavy atom. The average molecular weight is 268 g/mol. The molecule has 4 heteroatoms. The minimum absolute atomic E-state index is 0.643. The van der Waals surface area contributed by atoms with Crippen LogP contribution >= 0.6 is 11.3 Å². The van der Waals surface area contributed by atoms with E-state index in [0.29, 0.717) is 5.46 Å². The zero-order valence-corrected chi connectivity index (χ0v) is 11.1. The Bertz CT molecular complexity index is 692. The molecule has 0 fully saturated rings. The fourth-order valence-electron chi connectivity index (χ4n) is 2.31. The van der Waals surface area contributed by atoms with Gasteiger partial charge in [-0.25, -0.2) is 0 Å². The molecular weight excluding hydrogens is 255 g/mol. The highest BCUT2D eigenvalue weighted by atomic mass is 32.1. The van der Waals surface area contributed by atoms with Gasteiger partial charge in [-0.05, 0) is 17.0 Å². The summed E-state index contributed by atoms with van der Waals surface area (Å²) in [6.07, 6.45) is 0.729. The van der Waals surface area contributed by atoms with Crippen molar-refractivity contribution in [1.82, 2.24) is 0 Å². The van der Waals surface area contributed by atoms with Crippen molar-refractivity contribution in [2.24, 2.45) is 0 Å². The molecule has 1 heterocycles. The third-order valence-electron chi connectivity index (χ3n) is 3.18. The molecule has 0 aliphatic carbocycles. The molecule has 0 unspecified atom stereocenters. The van der Waals surface area contributed by atoms with Crippen LogP contribution in [0.5, 0.6) is 0 Å². The van der Waals surface area contributed by atoms with E-state index in [4.69, 9.17) is 0 Å². The molecule has 0 amide bonds. The molecule has 2 nitrogen and oxygen atoms in total. The van der Waals surface area contributed by atoms with Crippen molar-refractivity contribution >= 4 is 34.0 Å². The summed E-state index contributed by atoms with van der Waals surface area (Å²) in [5.41, 5.74) is 1.82. The molecule has 0 spiro atoms. The van der Waals surface area contributed by atoms with Crippen molar-refractivity contribution in [3.63, 3.8) is 0 Å².